The van der Waals surface area contributed by atoms with E-state index in [1.807, 2.05) is 24.3 Å². The fourth-order valence-corrected chi connectivity index (χ4v) is 4.50. The molecular weight excluding hydrogens is 424 g/mol. The zero-order valence-corrected chi connectivity index (χ0v) is 17.2. The molecule has 0 radical (unpaired) electrons. The number of carbonyl (C=O) groups is 1. The van der Waals surface area contributed by atoms with Gasteiger partial charge in [0.2, 0.25) is 0 Å². The average molecular weight is 437 g/mol. The topological polar surface area (TPSA) is 73.8 Å². The molecule has 5 rings (SSSR count). The molecule has 0 fully saturated rings. The van der Waals surface area contributed by atoms with E-state index in [0.29, 0.717) is 26.6 Å². The predicted molar refractivity (Wildman–Crippen MR) is 116 cm³/mol. The maximum Gasteiger partial charge on any atom is 0.339 e. The minimum atomic E-state index is -0.502. The number of benzene rings is 2. The molecule has 0 aliphatic heterocycles. The average Bonchev–Trinajstić information content (AvgIpc) is 3.43. The molecule has 0 saturated heterocycles. The number of nitrogens with zero attached hydrogens (tertiary/aromatic N) is 2. The Hall–Kier alpha value is -3.42. The Labute approximate surface area is 178 Å². The van der Waals surface area contributed by atoms with E-state index in [9.17, 15) is 9.59 Å². The van der Waals surface area contributed by atoms with Crippen molar-refractivity contribution >= 4 is 51.0 Å². The highest BCUT2D eigenvalue weighted by atomic mass is 35.5. The Balaban J connectivity index is 1.54. The lowest BCUT2D eigenvalue weighted by atomic mass is 10.1. The number of para-hydroxylation sites is 2. The normalized spacial score (nSPS) is 12.1. The Morgan fingerprint density at radius 3 is 2.83 bits per heavy atom. The Bertz CT molecular complexity index is 1550. The van der Waals surface area contributed by atoms with Crippen LogP contribution in [0.4, 0.5) is 0 Å². The SMILES string of the molecule is COC(=O)c1ccc(-c2ccc(C=c3sc4nc5ccccc5n4c3=O)o2)cc1Cl. The van der Waals surface area contributed by atoms with E-state index in [1.54, 1.807) is 40.8 Å². The van der Waals surface area contributed by atoms with Gasteiger partial charge in [0.1, 0.15) is 16.1 Å². The summed E-state index contributed by atoms with van der Waals surface area (Å²) in [5.41, 5.74) is 2.44. The molecule has 0 aliphatic rings. The molecule has 0 N–H and O–H groups in total. The van der Waals surface area contributed by atoms with Crippen LogP contribution >= 0.6 is 22.9 Å². The van der Waals surface area contributed by atoms with Gasteiger partial charge in [0, 0.05) is 11.6 Å². The number of aromatic nitrogens is 2. The van der Waals surface area contributed by atoms with Crippen LogP contribution < -0.4 is 10.1 Å². The lowest BCUT2D eigenvalue weighted by Crippen LogP contribution is -2.22. The van der Waals surface area contributed by atoms with Crippen LogP contribution in [0.15, 0.2) is 63.8 Å². The van der Waals surface area contributed by atoms with Gasteiger partial charge >= 0.3 is 5.97 Å². The molecule has 0 spiro atoms. The monoisotopic (exact) mass is 436 g/mol. The van der Waals surface area contributed by atoms with E-state index in [0.717, 1.165) is 11.0 Å². The first kappa shape index (κ1) is 18.6. The van der Waals surface area contributed by atoms with Crippen molar-refractivity contribution in [1.82, 2.24) is 9.38 Å². The number of ether oxygens (including phenoxy) is 1. The Morgan fingerprint density at radius 1 is 1.20 bits per heavy atom. The summed E-state index contributed by atoms with van der Waals surface area (Å²) in [7, 11) is 1.30. The van der Waals surface area contributed by atoms with Gasteiger partial charge in [-0.05, 0) is 36.4 Å². The van der Waals surface area contributed by atoms with Crippen LogP contribution in [0.2, 0.25) is 5.02 Å². The van der Waals surface area contributed by atoms with Gasteiger partial charge in [-0.3, -0.25) is 4.79 Å². The van der Waals surface area contributed by atoms with Crippen molar-refractivity contribution in [2.24, 2.45) is 0 Å². The molecule has 8 heteroatoms. The van der Waals surface area contributed by atoms with Crippen molar-refractivity contribution < 1.29 is 13.9 Å². The van der Waals surface area contributed by atoms with Crippen LogP contribution in [0, 0.1) is 0 Å². The highest BCUT2D eigenvalue weighted by Gasteiger charge is 2.14. The van der Waals surface area contributed by atoms with Crippen LogP contribution in [0.3, 0.4) is 0 Å². The Morgan fingerprint density at radius 2 is 2.03 bits per heavy atom. The van der Waals surface area contributed by atoms with Gasteiger partial charge in [0.25, 0.3) is 5.56 Å². The van der Waals surface area contributed by atoms with Crippen molar-refractivity contribution in [3.8, 4) is 11.3 Å². The summed E-state index contributed by atoms with van der Waals surface area (Å²) in [5, 5.41) is 0.273. The minimum Gasteiger partial charge on any atom is -0.465 e. The lowest BCUT2D eigenvalue weighted by molar-refractivity contribution is 0.0601. The molecule has 0 atom stereocenters. The van der Waals surface area contributed by atoms with E-state index < -0.39 is 5.97 Å². The molecule has 3 aromatic heterocycles. The summed E-state index contributed by atoms with van der Waals surface area (Å²) < 4.78 is 12.7. The molecule has 6 nitrogen and oxygen atoms in total. The summed E-state index contributed by atoms with van der Waals surface area (Å²) in [5.74, 6) is 0.598. The number of hydrogen-bond acceptors (Lipinski definition) is 6. The number of imidazole rings is 1. The molecule has 5 aromatic rings. The number of halogens is 1. The van der Waals surface area contributed by atoms with Gasteiger partial charge in [-0.1, -0.05) is 41.1 Å². The highest BCUT2D eigenvalue weighted by Crippen LogP contribution is 2.28. The fraction of sp³-hybridized carbons (Fsp3) is 0.0455. The summed E-state index contributed by atoms with van der Waals surface area (Å²) in [6.45, 7) is 0. The molecule has 3 heterocycles. The van der Waals surface area contributed by atoms with Crippen molar-refractivity contribution in [2.45, 2.75) is 0 Å². The van der Waals surface area contributed by atoms with Crippen LogP contribution in [0.25, 0.3) is 33.4 Å². The molecule has 0 saturated carbocycles. The van der Waals surface area contributed by atoms with Crippen molar-refractivity contribution in [2.75, 3.05) is 7.11 Å². The smallest absolute Gasteiger partial charge is 0.339 e. The van der Waals surface area contributed by atoms with E-state index in [2.05, 4.69) is 4.98 Å². The van der Waals surface area contributed by atoms with E-state index >= 15 is 0 Å². The van der Waals surface area contributed by atoms with Crippen molar-refractivity contribution in [3.05, 3.63) is 85.8 Å². The van der Waals surface area contributed by atoms with Crippen LogP contribution in [0.1, 0.15) is 16.1 Å². The van der Waals surface area contributed by atoms with Gasteiger partial charge in [-0.15, -0.1) is 0 Å². The van der Waals surface area contributed by atoms with Crippen molar-refractivity contribution in [1.29, 1.82) is 0 Å². The van der Waals surface area contributed by atoms with Gasteiger partial charge in [0.15, 0.2) is 4.96 Å². The maximum atomic E-state index is 12.9. The minimum absolute atomic E-state index is 0.132. The molecule has 0 unspecified atom stereocenters. The second-order valence-electron chi connectivity index (χ2n) is 6.52. The number of fused-ring (bicyclic) bond motifs is 3. The summed E-state index contributed by atoms with van der Waals surface area (Å²) in [4.78, 5) is 29.7. The number of carbonyl (C=O) groups excluding carboxylic acids is 1. The lowest BCUT2D eigenvalue weighted by Gasteiger charge is -2.04. The standard InChI is InChI=1S/C22H13ClN2O4S/c1-28-21(27)14-8-6-12(10-15(14)23)18-9-7-13(29-18)11-19-20(26)25-17-5-3-2-4-16(17)24-22(25)30-19/h2-11H,1H3. The molecular formula is C22H13ClN2O4S. The van der Waals surface area contributed by atoms with E-state index in [1.165, 1.54) is 18.4 Å². The molecule has 0 aliphatic carbocycles. The third-order valence-corrected chi connectivity index (χ3v) is 5.99. The van der Waals surface area contributed by atoms with Gasteiger partial charge in [-0.2, -0.15) is 0 Å². The van der Waals surface area contributed by atoms with Gasteiger partial charge in [-0.25, -0.2) is 14.2 Å². The largest absolute Gasteiger partial charge is 0.465 e. The summed E-state index contributed by atoms with van der Waals surface area (Å²) >= 11 is 7.50. The fourth-order valence-electron chi connectivity index (χ4n) is 3.27. The third kappa shape index (κ3) is 2.99. The Kier molecular flexibility index (Phi) is 4.42. The number of thiazole rings is 1. The third-order valence-electron chi connectivity index (χ3n) is 4.70. The zero-order chi connectivity index (χ0) is 20.8. The highest BCUT2D eigenvalue weighted by molar-refractivity contribution is 7.15. The van der Waals surface area contributed by atoms with Crippen LogP contribution in [0.5, 0.6) is 0 Å². The first-order chi connectivity index (χ1) is 14.5. The van der Waals surface area contributed by atoms with Crippen molar-refractivity contribution in [3.63, 3.8) is 0 Å². The van der Waals surface area contributed by atoms with Gasteiger partial charge < -0.3 is 9.15 Å². The molecule has 0 amide bonds. The number of furan rings is 1. The van der Waals surface area contributed by atoms with Crippen LogP contribution in [-0.2, 0) is 4.74 Å². The predicted octanol–water partition coefficient (Wildman–Crippen LogP) is 4.16. The van der Waals surface area contributed by atoms with E-state index in [-0.39, 0.29) is 16.1 Å². The number of esters is 1. The maximum absolute atomic E-state index is 12.9. The zero-order valence-electron chi connectivity index (χ0n) is 15.6. The van der Waals surface area contributed by atoms with Gasteiger partial charge in [0.05, 0.1) is 28.7 Å². The number of hydrogen-bond donors (Lipinski definition) is 0. The quantitative estimate of drug-likeness (QED) is 0.397. The second kappa shape index (κ2) is 7.12. The van der Waals surface area contributed by atoms with Crippen LogP contribution in [-0.4, -0.2) is 22.5 Å². The number of rotatable bonds is 3. The molecule has 2 aromatic carbocycles. The second-order valence-corrected chi connectivity index (χ2v) is 7.94. The summed E-state index contributed by atoms with van der Waals surface area (Å²) in [6.07, 6.45) is 1.70. The number of methoxy groups -OCH3 is 1. The van der Waals surface area contributed by atoms with E-state index in [4.69, 9.17) is 20.8 Å². The molecule has 148 valence electrons. The first-order valence-electron chi connectivity index (χ1n) is 8.95. The molecule has 0 bridgehead atoms. The first-order valence-corrected chi connectivity index (χ1v) is 10.1. The molecule has 30 heavy (non-hydrogen) atoms. The summed E-state index contributed by atoms with van der Waals surface area (Å²) in [6, 6.07) is 16.0.